The van der Waals surface area contributed by atoms with Crippen LogP contribution in [0.4, 0.5) is 0 Å². The molecule has 1 aromatic rings. The normalized spacial score (nSPS) is 19.4. The highest BCUT2D eigenvalue weighted by Gasteiger charge is 2.33. The number of aliphatic hydroxyl groups is 1. The smallest absolute Gasteiger partial charge is 0.172 e. The maximum Gasteiger partial charge on any atom is 0.172 e. The molecule has 0 aromatic heterocycles. The fourth-order valence-corrected chi connectivity index (χ4v) is 4.65. The van der Waals surface area contributed by atoms with E-state index in [0.717, 1.165) is 41.5 Å². The first-order valence-corrected chi connectivity index (χ1v) is 11.3. The van der Waals surface area contributed by atoms with Crippen molar-refractivity contribution in [2.75, 3.05) is 13.7 Å². The summed E-state index contributed by atoms with van der Waals surface area (Å²) in [7, 11) is 1.66. The summed E-state index contributed by atoms with van der Waals surface area (Å²) < 4.78 is 5.80. The van der Waals surface area contributed by atoms with Crippen LogP contribution < -0.4 is 9.62 Å². The summed E-state index contributed by atoms with van der Waals surface area (Å²) in [5.74, 6) is 1.29. The molecule has 0 spiro atoms. The van der Waals surface area contributed by atoms with Gasteiger partial charge in [-0.25, -0.2) is 5.26 Å². The molecule has 0 saturated heterocycles. The second kappa shape index (κ2) is 11.0. The largest absolute Gasteiger partial charge is 0.496 e. The number of ether oxygens (including phenoxy) is 1. The molecule has 2 N–H and O–H groups in total. The van der Waals surface area contributed by atoms with Crippen LogP contribution in [0.1, 0.15) is 89.7 Å². The van der Waals surface area contributed by atoms with Gasteiger partial charge in [-0.2, -0.15) is 0 Å². The second-order valence-electron chi connectivity index (χ2n) is 9.38. The third-order valence-electron chi connectivity index (χ3n) is 6.65. The van der Waals surface area contributed by atoms with E-state index in [1.165, 1.54) is 25.7 Å². The summed E-state index contributed by atoms with van der Waals surface area (Å²) in [6, 6.07) is 4.04. The molecule has 0 bridgehead atoms. The van der Waals surface area contributed by atoms with Gasteiger partial charge < -0.3 is 14.7 Å². The number of allylic oxidation sites excluding steroid dienone is 2. The second-order valence-corrected chi connectivity index (χ2v) is 9.38. The molecule has 0 unspecified atom stereocenters. The van der Waals surface area contributed by atoms with E-state index < -0.39 is 0 Å². The minimum absolute atomic E-state index is 0.0416. The monoisotopic (exact) mass is 416 g/mol. The molecular weight excluding hydrogens is 376 g/mol. The number of aliphatic hydroxyl groups excluding tert-OH is 1. The van der Waals surface area contributed by atoms with Gasteiger partial charge >= 0.3 is 0 Å². The van der Waals surface area contributed by atoms with Crippen molar-refractivity contribution in [3.05, 3.63) is 47.1 Å². The standard InChI is InChI=1S/C26H40O4/c1-7-8-9-10-13-26(4,5)20-15-23(29-6)25(24(16-20)30-28)22-14-19(17-27)11-12-21(22)18(2)3/h14-16,21-22,27-28H,2,7-13,17H2,1,3-6H3/t21-,22+/m1/s1. The zero-order valence-electron chi connectivity index (χ0n) is 19.5. The molecule has 1 aliphatic rings. The molecule has 1 aliphatic carbocycles. The molecule has 0 fully saturated rings. The summed E-state index contributed by atoms with van der Waals surface area (Å²) in [6.45, 7) is 13.0. The molecule has 30 heavy (non-hydrogen) atoms. The van der Waals surface area contributed by atoms with Gasteiger partial charge in [0.1, 0.15) is 5.75 Å². The Morgan fingerprint density at radius 3 is 2.47 bits per heavy atom. The molecule has 0 saturated carbocycles. The molecule has 0 heterocycles. The lowest BCUT2D eigenvalue weighted by atomic mass is 9.72. The van der Waals surface area contributed by atoms with Crippen LogP contribution in [0.15, 0.2) is 35.9 Å². The van der Waals surface area contributed by atoms with Crippen molar-refractivity contribution >= 4 is 0 Å². The van der Waals surface area contributed by atoms with Gasteiger partial charge in [0.25, 0.3) is 0 Å². The van der Waals surface area contributed by atoms with Crippen LogP contribution in [0.25, 0.3) is 0 Å². The fraction of sp³-hybridized carbons (Fsp3) is 0.615. The minimum Gasteiger partial charge on any atom is -0.496 e. The van der Waals surface area contributed by atoms with Gasteiger partial charge in [0.15, 0.2) is 5.75 Å². The zero-order chi connectivity index (χ0) is 22.3. The van der Waals surface area contributed by atoms with Crippen LogP contribution in [0.3, 0.4) is 0 Å². The van der Waals surface area contributed by atoms with Gasteiger partial charge in [0, 0.05) is 11.5 Å². The van der Waals surface area contributed by atoms with Crippen LogP contribution in [0, 0.1) is 5.92 Å². The first-order chi connectivity index (χ1) is 14.3. The highest BCUT2D eigenvalue weighted by molar-refractivity contribution is 5.54. The van der Waals surface area contributed by atoms with Gasteiger partial charge in [-0.15, -0.1) is 0 Å². The molecule has 2 atom stereocenters. The summed E-state index contributed by atoms with van der Waals surface area (Å²) in [6.07, 6.45) is 9.80. The first-order valence-electron chi connectivity index (χ1n) is 11.3. The Labute approximate surface area is 182 Å². The van der Waals surface area contributed by atoms with Gasteiger partial charge in [-0.05, 0) is 60.8 Å². The summed E-state index contributed by atoms with van der Waals surface area (Å²) >= 11 is 0. The van der Waals surface area contributed by atoms with Crippen LogP contribution in [0.5, 0.6) is 11.5 Å². The number of benzene rings is 1. The summed E-state index contributed by atoms with van der Waals surface area (Å²) in [5.41, 5.74) is 3.95. The Morgan fingerprint density at radius 2 is 1.90 bits per heavy atom. The average Bonchev–Trinajstić information content (AvgIpc) is 2.75. The van der Waals surface area contributed by atoms with E-state index in [2.05, 4.69) is 39.5 Å². The lowest BCUT2D eigenvalue weighted by Crippen LogP contribution is -2.21. The number of unbranched alkanes of at least 4 members (excludes halogenated alkanes) is 3. The predicted octanol–water partition coefficient (Wildman–Crippen LogP) is 6.78. The van der Waals surface area contributed by atoms with E-state index in [1.54, 1.807) is 7.11 Å². The molecule has 0 aliphatic heterocycles. The topological polar surface area (TPSA) is 58.9 Å². The van der Waals surface area contributed by atoms with Gasteiger partial charge in [-0.3, -0.25) is 0 Å². The number of hydrogen-bond donors (Lipinski definition) is 2. The fourth-order valence-electron chi connectivity index (χ4n) is 4.65. The predicted molar refractivity (Wildman–Crippen MR) is 123 cm³/mol. The Morgan fingerprint density at radius 1 is 1.20 bits per heavy atom. The number of rotatable bonds is 11. The van der Waals surface area contributed by atoms with Gasteiger partial charge in [-0.1, -0.05) is 64.7 Å². The first kappa shape index (κ1) is 24.5. The molecule has 0 radical (unpaired) electrons. The molecule has 1 aromatic carbocycles. The van der Waals surface area contributed by atoms with E-state index in [-0.39, 0.29) is 23.9 Å². The van der Waals surface area contributed by atoms with Crippen LogP contribution in [-0.4, -0.2) is 24.1 Å². The maximum absolute atomic E-state index is 9.81. The van der Waals surface area contributed by atoms with Crippen LogP contribution in [0.2, 0.25) is 0 Å². The molecular formula is C26H40O4. The SMILES string of the molecule is C=C(C)[C@H]1CCC(CO)=C[C@@H]1c1c(OC)cc(C(C)(C)CCCCCC)cc1OO. The van der Waals surface area contributed by atoms with E-state index in [4.69, 9.17) is 9.62 Å². The molecule has 0 amide bonds. The lowest BCUT2D eigenvalue weighted by Gasteiger charge is -2.33. The summed E-state index contributed by atoms with van der Waals surface area (Å²) in [5, 5.41) is 19.5. The Hall–Kier alpha value is -1.78. The van der Waals surface area contributed by atoms with Crippen molar-refractivity contribution < 1.29 is 20.0 Å². The zero-order valence-corrected chi connectivity index (χ0v) is 19.5. The highest BCUT2D eigenvalue weighted by Crippen LogP contribution is 2.48. The quantitative estimate of drug-likeness (QED) is 0.181. The van der Waals surface area contributed by atoms with E-state index in [9.17, 15) is 10.4 Å². The summed E-state index contributed by atoms with van der Waals surface area (Å²) in [4.78, 5) is 4.92. The third-order valence-corrected chi connectivity index (χ3v) is 6.65. The Balaban J connectivity index is 2.49. The van der Waals surface area contributed by atoms with Crippen molar-refractivity contribution in [2.24, 2.45) is 5.92 Å². The molecule has 4 nitrogen and oxygen atoms in total. The molecule has 2 rings (SSSR count). The van der Waals surface area contributed by atoms with Gasteiger partial charge in [0.05, 0.1) is 13.7 Å². The minimum atomic E-state index is -0.0581. The van der Waals surface area contributed by atoms with E-state index >= 15 is 0 Å². The van der Waals surface area contributed by atoms with E-state index in [1.807, 2.05) is 13.0 Å². The van der Waals surface area contributed by atoms with Crippen molar-refractivity contribution in [3.63, 3.8) is 0 Å². The van der Waals surface area contributed by atoms with Crippen molar-refractivity contribution in [2.45, 2.75) is 84.0 Å². The van der Waals surface area contributed by atoms with Gasteiger partial charge in [0.2, 0.25) is 0 Å². The van der Waals surface area contributed by atoms with E-state index in [0.29, 0.717) is 11.5 Å². The Kier molecular flexibility index (Phi) is 8.99. The average molecular weight is 417 g/mol. The molecule has 4 heteroatoms. The highest BCUT2D eigenvalue weighted by atomic mass is 17.1. The number of methoxy groups -OCH3 is 1. The van der Waals surface area contributed by atoms with Crippen LogP contribution >= 0.6 is 0 Å². The van der Waals surface area contributed by atoms with Crippen LogP contribution in [-0.2, 0) is 5.41 Å². The third kappa shape index (κ3) is 5.67. The van der Waals surface area contributed by atoms with Crippen molar-refractivity contribution in [1.29, 1.82) is 0 Å². The Bertz CT molecular complexity index is 722. The van der Waals surface area contributed by atoms with Crippen molar-refractivity contribution in [3.8, 4) is 11.5 Å². The maximum atomic E-state index is 9.81. The lowest BCUT2D eigenvalue weighted by molar-refractivity contribution is -0.138. The van der Waals surface area contributed by atoms with Crippen molar-refractivity contribution in [1.82, 2.24) is 0 Å². The molecule has 168 valence electrons. The number of hydrogen-bond acceptors (Lipinski definition) is 4.